The molecule has 0 saturated carbocycles. The maximum absolute atomic E-state index is 13.9. The molecular weight excluding hydrogens is 267 g/mol. The summed E-state index contributed by atoms with van der Waals surface area (Å²) >= 11 is 5.73. The number of fused-ring (bicyclic) bond motifs is 1. The molecule has 0 aromatic heterocycles. The molecule has 0 aliphatic carbocycles. The quantitative estimate of drug-likeness (QED) is 0.856. The number of hydrogen-bond donors (Lipinski definition) is 1. The maximum Gasteiger partial charge on any atom is 0.256 e. The van der Waals surface area contributed by atoms with Gasteiger partial charge in [0.15, 0.2) is 5.82 Å². The van der Waals surface area contributed by atoms with Crippen molar-refractivity contribution >= 4 is 17.5 Å². The van der Waals surface area contributed by atoms with Crippen molar-refractivity contribution in [2.45, 2.75) is 6.42 Å². The molecule has 3 nitrogen and oxygen atoms in total. The average Bonchev–Trinajstić information content (AvgIpc) is 2.88. The minimum atomic E-state index is -0.610. The number of piperidine rings is 1. The molecule has 0 bridgehead atoms. The summed E-state index contributed by atoms with van der Waals surface area (Å²) < 4.78 is 13.9. The van der Waals surface area contributed by atoms with Crippen LogP contribution in [0.5, 0.6) is 0 Å². The Morgan fingerprint density at radius 3 is 3.00 bits per heavy atom. The van der Waals surface area contributed by atoms with Crippen LogP contribution >= 0.6 is 11.6 Å². The molecule has 1 amide bonds. The van der Waals surface area contributed by atoms with Gasteiger partial charge in [0.2, 0.25) is 0 Å². The van der Waals surface area contributed by atoms with Crippen molar-refractivity contribution in [2.75, 3.05) is 26.2 Å². The Hall–Kier alpha value is -1.13. The van der Waals surface area contributed by atoms with Gasteiger partial charge in [-0.3, -0.25) is 4.79 Å². The number of nitrogens with zero attached hydrogens (tertiary/aromatic N) is 1. The van der Waals surface area contributed by atoms with Crippen LogP contribution in [0.2, 0.25) is 5.02 Å². The lowest BCUT2D eigenvalue weighted by Crippen LogP contribution is -2.43. The fourth-order valence-corrected chi connectivity index (χ4v) is 3.23. The molecule has 2 fully saturated rings. The lowest BCUT2D eigenvalue weighted by atomic mass is 9.88. The van der Waals surface area contributed by atoms with Gasteiger partial charge in [-0.2, -0.15) is 0 Å². The first-order chi connectivity index (χ1) is 9.16. The summed E-state index contributed by atoms with van der Waals surface area (Å²) in [6.45, 7) is 3.40. The highest BCUT2D eigenvalue weighted by Gasteiger charge is 2.35. The summed E-state index contributed by atoms with van der Waals surface area (Å²) in [5.74, 6) is 0.305. The fraction of sp³-hybridized carbons (Fsp3) is 0.500. The van der Waals surface area contributed by atoms with Crippen molar-refractivity contribution in [3.05, 3.63) is 34.6 Å². The van der Waals surface area contributed by atoms with Crippen molar-refractivity contribution in [1.29, 1.82) is 0 Å². The highest BCUT2D eigenvalue weighted by molar-refractivity contribution is 6.31. The van der Waals surface area contributed by atoms with Gasteiger partial charge < -0.3 is 10.2 Å². The van der Waals surface area contributed by atoms with E-state index in [1.165, 1.54) is 12.1 Å². The van der Waals surface area contributed by atoms with E-state index in [0.717, 1.165) is 19.5 Å². The second-order valence-corrected chi connectivity index (χ2v) is 5.73. The summed E-state index contributed by atoms with van der Waals surface area (Å²) in [5.41, 5.74) is 0.0805. The Morgan fingerprint density at radius 2 is 2.16 bits per heavy atom. The number of hydrogen-bond acceptors (Lipinski definition) is 2. The standard InChI is InChI=1S/C14H16ClFN2O/c15-12-3-1-2-11(13(12)16)14(19)18-5-4-9-6-17-7-10(9)8-18/h1-3,9-10,17H,4-8H2. The monoisotopic (exact) mass is 282 g/mol. The molecule has 1 N–H and O–H groups in total. The van der Waals surface area contributed by atoms with Crippen LogP contribution in [0.3, 0.4) is 0 Å². The molecule has 102 valence electrons. The van der Waals surface area contributed by atoms with Gasteiger partial charge in [0.1, 0.15) is 0 Å². The summed E-state index contributed by atoms with van der Waals surface area (Å²) in [4.78, 5) is 14.1. The van der Waals surface area contributed by atoms with Crippen molar-refractivity contribution in [1.82, 2.24) is 10.2 Å². The van der Waals surface area contributed by atoms with Crippen LogP contribution in [-0.2, 0) is 0 Å². The van der Waals surface area contributed by atoms with E-state index in [1.54, 1.807) is 11.0 Å². The lowest BCUT2D eigenvalue weighted by Gasteiger charge is -2.34. The van der Waals surface area contributed by atoms with E-state index >= 15 is 0 Å². The van der Waals surface area contributed by atoms with Crippen molar-refractivity contribution in [3.8, 4) is 0 Å². The first-order valence-corrected chi connectivity index (χ1v) is 6.98. The lowest BCUT2D eigenvalue weighted by molar-refractivity contribution is 0.0638. The van der Waals surface area contributed by atoms with Crippen LogP contribution in [0, 0.1) is 17.7 Å². The minimum Gasteiger partial charge on any atom is -0.338 e. The van der Waals surface area contributed by atoms with E-state index in [9.17, 15) is 9.18 Å². The van der Waals surface area contributed by atoms with Gasteiger partial charge >= 0.3 is 0 Å². The summed E-state index contributed by atoms with van der Waals surface area (Å²) in [6.07, 6.45) is 0.992. The first-order valence-electron chi connectivity index (χ1n) is 6.61. The van der Waals surface area contributed by atoms with Gasteiger partial charge in [0.25, 0.3) is 5.91 Å². The van der Waals surface area contributed by atoms with Gasteiger partial charge in [-0.15, -0.1) is 0 Å². The topological polar surface area (TPSA) is 32.3 Å². The van der Waals surface area contributed by atoms with Gasteiger partial charge in [0, 0.05) is 13.1 Å². The molecule has 2 aliphatic rings. The Balaban J connectivity index is 1.79. The third-order valence-electron chi connectivity index (χ3n) is 4.17. The zero-order valence-corrected chi connectivity index (χ0v) is 11.3. The van der Waals surface area contributed by atoms with Crippen molar-refractivity contribution in [2.24, 2.45) is 11.8 Å². The Bertz CT molecular complexity index is 508. The molecule has 2 atom stereocenters. The Kier molecular flexibility index (Phi) is 3.46. The van der Waals surface area contributed by atoms with Gasteiger partial charge in [-0.1, -0.05) is 17.7 Å². The fourth-order valence-electron chi connectivity index (χ4n) is 3.06. The SMILES string of the molecule is O=C(c1cccc(Cl)c1F)N1CCC2CNCC2C1. The predicted octanol–water partition coefficient (Wildman–Crippen LogP) is 2.16. The van der Waals surface area contributed by atoms with Crippen LogP contribution in [0.15, 0.2) is 18.2 Å². The predicted molar refractivity (Wildman–Crippen MR) is 71.8 cm³/mol. The van der Waals surface area contributed by atoms with Crippen molar-refractivity contribution < 1.29 is 9.18 Å². The first kappa shape index (κ1) is 12.9. The van der Waals surface area contributed by atoms with Gasteiger partial charge in [-0.25, -0.2) is 4.39 Å². The molecule has 3 rings (SSSR count). The molecule has 2 unspecified atom stereocenters. The minimum absolute atomic E-state index is 0.00303. The molecular formula is C14H16ClFN2O. The Labute approximate surface area is 116 Å². The zero-order valence-electron chi connectivity index (χ0n) is 10.5. The normalized spacial score (nSPS) is 26.3. The van der Waals surface area contributed by atoms with Crippen LogP contribution in [0.4, 0.5) is 4.39 Å². The molecule has 2 heterocycles. The van der Waals surface area contributed by atoms with Crippen LogP contribution in [0.1, 0.15) is 16.8 Å². The average molecular weight is 283 g/mol. The number of benzene rings is 1. The summed E-state index contributed by atoms with van der Waals surface area (Å²) in [7, 11) is 0. The van der Waals surface area contributed by atoms with Crippen LogP contribution in [0.25, 0.3) is 0 Å². The van der Waals surface area contributed by atoms with E-state index in [0.29, 0.717) is 24.9 Å². The molecule has 0 radical (unpaired) electrons. The summed E-state index contributed by atoms with van der Waals surface area (Å²) in [6, 6.07) is 4.58. The molecule has 1 aromatic carbocycles. The van der Waals surface area contributed by atoms with E-state index in [2.05, 4.69) is 5.32 Å². The Morgan fingerprint density at radius 1 is 1.37 bits per heavy atom. The third-order valence-corrected chi connectivity index (χ3v) is 4.47. The number of halogens is 2. The van der Waals surface area contributed by atoms with Crippen molar-refractivity contribution in [3.63, 3.8) is 0 Å². The number of nitrogens with one attached hydrogen (secondary N) is 1. The smallest absolute Gasteiger partial charge is 0.256 e. The maximum atomic E-state index is 13.9. The highest BCUT2D eigenvalue weighted by Crippen LogP contribution is 2.28. The third kappa shape index (κ3) is 2.35. The molecule has 2 aliphatic heterocycles. The van der Waals surface area contributed by atoms with E-state index in [4.69, 9.17) is 11.6 Å². The number of rotatable bonds is 1. The number of carbonyl (C=O) groups excluding carboxylic acids is 1. The largest absolute Gasteiger partial charge is 0.338 e. The van der Waals surface area contributed by atoms with Gasteiger partial charge in [0.05, 0.1) is 10.6 Å². The zero-order chi connectivity index (χ0) is 13.4. The van der Waals surface area contributed by atoms with E-state index in [-0.39, 0.29) is 16.5 Å². The second-order valence-electron chi connectivity index (χ2n) is 5.32. The number of likely N-dealkylation sites (tertiary alicyclic amines) is 1. The molecule has 19 heavy (non-hydrogen) atoms. The summed E-state index contributed by atoms with van der Waals surface area (Å²) in [5, 5.41) is 3.35. The highest BCUT2D eigenvalue weighted by atomic mass is 35.5. The molecule has 5 heteroatoms. The van der Waals surface area contributed by atoms with Gasteiger partial charge in [-0.05, 0) is 43.5 Å². The van der Waals surface area contributed by atoms with E-state index in [1.807, 2.05) is 0 Å². The number of amides is 1. The second kappa shape index (κ2) is 5.10. The number of carbonyl (C=O) groups is 1. The molecule has 2 saturated heterocycles. The molecule has 1 aromatic rings. The van der Waals surface area contributed by atoms with E-state index < -0.39 is 5.82 Å². The molecule has 0 spiro atoms. The van der Waals surface area contributed by atoms with Crippen LogP contribution < -0.4 is 5.32 Å². The van der Waals surface area contributed by atoms with Crippen LogP contribution in [-0.4, -0.2) is 37.0 Å².